The van der Waals surface area contributed by atoms with Gasteiger partial charge in [-0.2, -0.15) is 0 Å². The molecule has 194 valence electrons. The zero-order valence-electron chi connectivity index (χ0n) is 22.2. The molecule has 0 radical (unpaired) electrons. The molecule has 4 aliphatic rings. The predicted molar refractivity (Wildman–Crippen MR) is 139 cm³/mol. The Morgan fingerprint density at radius 3 is 2.06 bits per heavy atom. The summed E-state index contributed by atoms with van der Waals surface area (Å²) in [5, 5.41) is 0. The highest BCUT2D eigenvalue weighted by molar-refractivity contribution is 5.24. The lowest BCUT2D eigenvalue weighted by Gasteiger charge is -2.40. The summed E-state index contributed by atoms with van der Waals surface area (Å²) in [5.41, 5.74) is 1.27. The standard InChI is InChI=1S/C31H51FO2/c1-3-5-6-7-24-8-12-27(13-9-24)26(4-2)23-30(32)22-25-10-14-28(15-11-25)29-16-18-31(19-17-29)33-20-21-34-31/h4,23-25,27-29H,3,5-22H2,1-2H3/b26-4+,30-23+. The van der Waals surface area contributed by atoms with Crippen molar-refractivity contribution in [3.05, 3.63) is 23.6 Å². The van der Waals surface area contributed by atoms with E-state index in [1.165, 1.54) is 95.5 Å². The van der Waals surface area contributed by atoms with Gasteiger partial charge in [-0.3, -0.25) is 0 Å². The molecular weight excluding hydrogens is 423 g/mol. The van der Waals surface area contributed by atoms with Gasteiger partial charge >= 0.3 is 0 Å². The number of halogens is 1. The maximum absolute atomic E-state index is 15.1. The maximum Gasteiger partial charge on any atom is 0.168 e. The Bertz CT molecular complexity index is 651. The van der Waals surface area contributed by atoms with E-state index in [1.807, 2.05) is 6.08 Å². The summed E-state index contributed by atoms with van der Waals surface area (Å²) in [6.45, 7) is 5.93. The minimum absolute atomic E-state index is 0.136. The first kappa shape index (κ1) is 26.4. The van der Waals surface area contributed by atoms with Crippen LogP contribution in [0, 0.1) is 29.6 Å². The fourth-order valence-corrected chi connectivity index (χ4v) is 7.62. The second-order valence-electron chi connectivity index (χ2n) is 12.0. The van der Waals surface area contributed by atoms with E-state index in [4.69, 9.17) is 9.47 Å². The second kappa shape index (κ2) is 13.0. The van der Waals surface area contributed by atoms with Crippen molar-refractivity contribution in [2.24, 2.45) is 29.6 Å². The molecule has 3 aliphatic carbocycles. The third-order valence-corrected chi connectivity index (χ3v) is 9.84. The van der Waals surface area contributed by atoms with Crippen LogP contribution in [0.4, 0.5) is 4.39 Å². The average Bonchev–Trinajstić information content (AvgIpc) is 3.32. The van der Waals surface area contributed by atoms with Crippen LogP contribution in [-0.4, -0.2) is 19.0 Å². The first-order valence-electron chi connectivity index (χ1n) is 14.9. The van der Waals surface area contributed by atoms with E-state index in [0.29, 0.717) is 18.3 Å². The lowest BCUT2D eigenvalue weighted by atomic mass is 9.69. The molecule has 3 saturated carbocycles. The van der Waals surface area contributed by atoms with Crippen molar-refractivity contribution in [2.45, 2.75) is 129 Å². The zero-order valence-corrected chi connectivity index (χ0v) is 22.2. The van der Waals surface area contributed by atoms with Crippen LogP contribution in [0.3, 0.4) is 0 Å². The minimum Gasteiger partial charge on any atom is -0.348 e. The topological polar surface area (TPSA) is 18.5 Å². The van der Waals surface area contributed by atoms with Crippen molar-refractivity contribution in [1.29, 1.82) is 0 Å². The van der Waals surface area contributed by atoms with Gasteiger partial charge in [0, 0.05) is 19.3 Å². The van der Waals surface area contributed by atoms with E-state index in [0.717, 1.165) is 43.8 Å². The molecule has 1 spiro atoms. The summed E-state index contributed by atoms with van der Waals surface area (Å²) in [5.74, 6) is 3.59. The van der Waals surface area contributed by atoms with Gasteiger partial charge in [-0.25, -0.2) is 4.39 Å². The van der Waals surface area contributed by atoms with Crippen LogP contribution in [0.5, 0.6) is 0 Å². The molecule has 1 saturated heterocycles. The van der Waals surface area contributed by atoms with Crippen molar-refractivity contribution in [3.63, 3.8) is 0 Å². The number of ether oxygens (including phenoxy) is 2. The lowest BCUT2D eigenvalue weighted by Crippen LogP contribution is -2.37. The van der Waals surface area contributed by atoms with E-state index in [2.05, 4.69) is 19.9 Å². The molecule has 34 heavy (non-hydrogen) atoms. The molecule has 1 aliphatic heterocycles. The van der Waals surface area contributed by atoms with Crippen molar-refractivity contribution >= 4 is 0 Å². The van der Waals surface area contributed by atoms with Crippen molar-refractivity contribution in [1.82, 2.24) is 0 Å². The first-order chi connectivity index (χ1) is 16.6. The van der Waals surface area contributed by atoms with Gasteiger partial charge < -0.3 is 9.47 Å². The second-order valence-corrected chi connectivity index (χ2v) is 12.0. The zero-order chi connectivity index (χ0) is 23.8. The molecule has 2 nitrogen and oxygen atoms in total. The quantitative estimate of drug-likeness (QED) is 0.245. The molecule has 0 bridgehead atoms. The highest BCUT2D eigenvalue weighted by atomic mass is 19.1. The van der Waals surface area contributed by atoms with E-state index >= 15 is 4.39 Å². The predicted octanol–water partition coefficient (Wildman–Crippen LogP) is 9.30. The number of hydrogen-bond acceptors (Lipinski definition) is 2. The van der Waals surface area contributed by atoms with Crippen LogP contribution in [0.1, 0.15) is 123 Å². The number of rotatable bonds is 9. The molecule has 3 heteroatoms. The fourth-order valence-electron chi connectivity index (χ4n) is 7.62. The highest BCUT2D eigenvalue weighted by Crippen LogP contribution is 2.46. The number of allylic oxidation sites excluding steroid dienone is 4. The Hall–Kier alpha value is -0.670. The van der Waals surface area contributed by atoms with Crippen LogP contribution in [0.25, 0.3) is 0 Å². The van der Waals surface area contributed by atoms with E-state index < -0.39 is 0 Å². The van der Waals surface area contributed by atoms with Crippen molar-refractivity contribution < 1.29 is 13.9 Å². The third-order valence-electron chi connectivity index (χ3n) is 9.84. The molecule has 0 atom stereocenters. The summed E-state index contributed by atoms with van der Waals surface area (Å²) < 4.78 is 26.9. The SMILES string of the molecule is C/C=C(\C=C(\F)CC1CCC(C2CCC3(CC2)OCCO3)CC1)C1CCC(CCCCC)CC1. The Morgan fingerprint density at radius 2 is 1.44 bits per heavy atom. The summed E-state index contributed by atoms with van der Waals surface area (Å²) >= 11 is 0. The lowest BCUT2D eigenvalue weighted by molar-refractivity contribution is -0.185. The van der Waals surface area contributed by atoms with Gasteiger partial charge in [0.25, 0.3) is 0 Å². The third kappa shape index (κ3) is 7.19. The number of hydrogen-bond donors (Lipinski definition) is 0. The average molecular weight is 475 g/mol. The van der Waals surface area contributed by atoms with Crippen LogP contribution >= 0.6 is 0 Å². The largest absolute Gasteiger partial charge is 0.348 e. The molecule has 0 N–H and O–H groups in total. The molecule has 0 amide bonds. The number of unbranched alkanes of at least 4 members (excludes halogenated alkanes) is 2. The summed E-state index contributed by atoms with van der Waals surface area (Å²) in [6, 6.07) is 0. The molecule has 4 rings (SSSR count). The summed E-state index contributed by atoms with van der Waals surface area (Å²) in [7, 11) is 0. The van der Waals surface area contributed by atoms with Crippen molar-refractivity contribution in [3.8, 4) is 0 Å². The van der Waals surface area contributed by atoms with Gasteiger partial charge in [0.2, 0.25) is 0 Å². The molecule has 0 unspecified atom stereocenters. The van der Waals surface area contributed by atoms with E-state index in [-0.39, 0.29) is 11.6 Å². The first-order valence-corrected chi connectivity index (χ1v) is 14.9. The van der Waals surface area contributed by atoms with Crippen molar-refractivity contribution in [2.75, 3.05) is 13.2 Å². The highest BCUT2D eigenvalue weighted by Gasteiger charge is 2.42. The Labute approximate surface area is 209 Å². The fraction of sp³-hybridized carbons (Fsp3) is 0.871. The molecule has 0 aromatic rings. The van der Waals surface area contributed by atoms with Crippen LogP contribution < -0.4 is 0 Å². The van der Waals surface area contributed by atoms with Crippen LogP contribution in [0.15, 0.2) is 23.6 Å². The molecule has 1 heterocycles. The van der Waals surface area contributed by atoms with Crippen LogP contribution in [-0.2, 0) is 9.47 Å². The van der Waals surface area contributed by atoms with Gasteiger partial charge in [-0.1, -0.05) is 38.7 Å². The van der Waals surface area contributed by atoms with E-state index in [9.17, 15) is 0 Å². The smallest absolute Gasteiger partial charge is 0.168 e. The molecule has 4 fully saturated rings. The maximum atomic E-state index is 15.1. The van der Waals surface area contributed by atoms with Gasteiger partial charge in [-0.05, 0) is 112 Å². The van der Waals surface area contributed by atoms with Gasteiger partial charge in [0.15, 0.2) is 5.79 Å². The van der Waals surface area contributed by atoms with Gasteiger partial charge in [0.05, 0.1) is 13.2 Å². The molecule has 0 aromatic carbocycles. The Kier molecular flexibility index (Phi) is 10.1. The van der Waals surface area contributed by atoms with E-state index in [1.54, 1.807) is 0 Å². The monoisotopic (exact) mass is 474 g/mol. The summed E-state index contributed by atoms with van der Waals surface area (Å²) in [4.78, 5) is 0. The molecular formula is C31H51FO2. The molecule has 0 aromatic heterocycles. The Balaban J connectivity index is 1.17. The van der Waals surface area contributed by atoms with Crippen LogP contribution in [0.2, 0.25) is 0 Å². The normalized spacial score (nSPS) is 33.5. The minimum atomic E-state index is -0.236. The summed E-state index contributed by atoms with van der Waals surface area (Å²) in [6.07, 6.45) is 25.1. The van der Waals surface area contributed by atoms with Gasteiger partial charge in [-0.15, -0.1) is 0 Å². The van der Waals surface area contributed by atoms with Gasteiger partial charge in [0.1, 0.15) is 5.83 Å². The Morgan fingerprint density at radius 1 is 0.824 bits per heavy atom.